The smallest absolute Gasteiger partial charge is 0.338 e. The van der Waals surface area contributed by atoms with E-state index in [4.69, 9.17) is 26.4 Å². The minimum Gasteiger partial charge on any atom is -0.493 e. The number of thiocarbonyl (C=S) groups is 1. The number of benzene rings is 3. The van der Waals surface area contributed by atoms with Gasteiger partial charge in [0.1, 0.15) is 6.04 Å². The zero-order valence-electron chi connectivity index (χ0n) is 22.6. The van der Waals surface area contributed by atoms with Crippen LogP contribution in [0, 0.1) is 0 Å². The molecule has 1 aliphatic rings. The molecule has 4 rings (SSSR count). The highest BCUT2D eigenvalue weighted by Crippen LogP contribution is 2.30. The van der Waals surface area contributed by atoms with Crippen LogP contribution in [0.5, 0.6) is 11.5 Å². The van der Waals surface area contributed by atoms with Gasteiger partial charge in [0.15, 0.2) is 16.6 Å². The van der Waals surface area contributed by atoms with Gasteiger partial charge in [-0.1, -0.05) is 24.3 Å². The Labute approximate surface area is 238 Å². The van der Waals surface area contributed by atoms with E-state index in [0.29, 0.717) is 46.5 Å². The lowest BCUT2D eigenvalue weighted by Gasteiger charge is -2.24. The van der Waals surface area contributed by atoms with E-state index < -0.39 is 12.0 Å². The number of hydrogen-bond donors (Lipinski definition) is 1. The number of ether oxygens (including phenoxy) is 3. The molecule has 1 atom stereocenters. The monoisotopic (exact) mass is 561 g/mol. The summed E-state index contributed by atoms with van der Waals surface area (Å²) in [7, 11) is 3.15. The van der Waals surface area contributed by atoms with Gasteiger partial charge in [-0.3, -0.25) is 14.5 Å². The van der Waals surface area contributed by atoms with Gasteiger partial charge in [-0.05, 0) is 79.7 Å². The summed E-state index contributed by atoms with van der Waals surface area (Å²) in [6.07, 6.45) is 0.456. The third kappa shape index (κ3) is 6.40. The lowest BCUT2D eigenvalue weighted by molar-refractivity contribution is -0.124. The first-order chi connectivity index (χ1) is 19.4. The standard InChI is InChI=1S/C30H31N3O6S/c1-4-39-29(36)21-11-13-22(14-12-21)31-27(34)19-24-28(35)33(23-8-6-5-7-9-23)30(40)32(24)17-16-20-10-15-25(37-2)26(18-20)38-3/h5-15,18,24H,4,16-17,19H2,1-3H3,(H,31,34)/t24-/m0/s1. The maximum atomic E-state index is 13.6. The molecule has 0 saturated carbocycles. The highest BCUT2D eigenvalue weighted by molar-refractivity contribution is 7.80. The molecule has 3 aromatic carbocycles. The molecule has 0 unspecified atom stereocenters. The summed E-state index contributed by atoms with van der Waals surface area (Å²) in [5.41, 5.74) is 2.50. The van der Waals surface area contributed by atoms with Crippen LogP contribution in [0.15, 0.2) is 72.8 Å². The van der Waals surface area contributed by atoms with Crippen molar-refractivity contribution in [1.29, 1.82) is 0 Å². The average molecular weight is 562 g/mol. The Morgan fingerprint density at radius 1 is 0.950 bits per heavy atom. The van der Waals surface area contributed by atoms with Crippen LogP contribution in [0.2, 0.25) is 0 Å². The number of para-hydroxylation sites is 1. The molecule has 1 N–H and O–H groups in total. The molecule has 0 radical (unpaired) electrons. The number of methoxy groups -OCH3 is 2. The Kier molecular flexibility index (Phi) is 9.34. The maximum Gasteiger partial charge on any atom is 0.338 e. The molecule has 1 saturated heterocycles. The van der Waals surface area contributed by atoms with Crippen molar-refractivity contribution in [2.24, 2.45) is 0 Å². The highest BCUT2D eigenvalue weighted by Gasteiger charge is 2.43. The van der Waals surface area contributed by atoms with Crippen molar-refractivity contribution in [3.8, 4) is 11.5 Å². The first-order valence-electron chi connectivity index (χ1n) is 12.8. The Bertz CT molecular complexity index is 1380. The maximum absolute atomic E-state index is 13.6. The van der Waals surface area contributed by atoms with Gasteiger partial charge in [-0.25, -0.2) is 4.79 Å². The molecule has 10 heteroatoms. The van der Waals surface area contributed by atoms with Crippen molar-refractivity contribution < 1.29 is 28.6 Å². The largest absolute Gasteiger partial charge is 0.493 e. The fourth-order valence-electron chi connectivity index (χ4n) is 4.48. The fourth-order valence-corrected chi connectivity index (χ4v) is 4.89. The van der Waals surface area contributed by atoms with Crippen LogP contribution in [-0.2, 0) is 20.7 Å². The summed E-state index contributed by atoms with van der Waals surface area (Å²) in [5.74, 6) is 0.179. The highest BCUT2D eigenvalue weighted by atomic mass is 32.1. The van der Waals surface area contributed by atoms with Gasteiger partial charge < -0.3 is 24.4 Å². The van der Waals surface area contributed by atoms with Gasteiger partial charge in [0.25, 0.3) is 5.91 Å². The molecule has 9 nitrogen and oxygen atoms in total. The number of hydrogen-bond acceptors (Lipinski definition) is 7. The number of carbonyl (C=O) groups excluding carboxylic acids is 3. The summed E-state index contributed by atoms with van der Waals surface area (Å²) in [4.78, 5) is 41.9. The second-order valence-corrected chi connectivity index (χ2v) is 9.36. The molecule has 0 bridgehead atoms. The summed E-state index contributed by atoms with van der Waals surface area (Å²) in [6.45, 7) is 2.42. The van der Waals surface area contributed by atoms with Crippen LogP contribution >= 0.6 is 12.2 Å². The zero-order chi connectivity index (χ0) is 28.6. The molecule has 0 aliphatic carbocycles. The lowest BCUT2D eigenvalue weighted by Crippen LogP contribution is -2.39. The van der Waals surface area contributed by atoms with Crippen molar-refractivity contribution in [3.05, 3.63) is 83.9 Å². The van der Waals surface area contributed by atoms with Crippen LogP contribution in [-0.4, -0.2) is 61.2 Å². The van der Waals surface area contributed by atoms with Gasteiger partial charge in [-0.15, -0.1) is 0 Å². The minimum absolute atomic E-state index is 0.103. The van der Waals surface area contributed by atoms with E-state index in [2.05, 4.69) is 5.32 Å². The topological polar surface area (TPSA) is 97.4 Å². The SMILES string of the molecule is CCOC(=O)c1ccc(NC(=O)C[C@H]2C(=O)N(c3ccccc3)C(=S)N2CCc2ccc(OC)c(OC)c2)cc1. The zero-order valence-corrected chi connectivity index (χ0v) is 23.4. The van der Waals surface area contributed by atoms with Crippen LogP contribution in [0.25, 0.3) is 0 Å². The van der Waals surface area contributed by atoms with Gasteiger partial charge >= 0.3 is 5.97 Å². The summed E-state index contributed by atoms with van der Waals surface area (Å²) in [5, 5.41) is 3.16. The second-order valence-electron chi connectivity index (χ2n) is 8.99. The quantitative estimate of drug-likeness (QED) is 0.271. The van der Waals surface area contributed by atoms with Gasteiger partial charge in [0.05, 0.1) is 38.5 Å². The summed E-state index contributed by atoms with van der Waals surface area (Å²) in [6, 6.07) is 20.4. The van der Waals surface area contributed by atoms with Crippen molar-refractivity contribution in [2.75, 3.05) is 37.6 Å². The van der Waals surface area contributed by atoms with E-state index in [1.54, 1.807) is 50.3 Å². The third-order valence-electron chi connectivity index (χ3n) is 6.48. The Morgan fingerprint density at radius 3 is 2.30 bits per heavy atom. The molecule has 1 aliphatic heterocycles. The number of nitrogens with zero attached hydrogens (tertiary/aromatic N) is 2. The van der Waals surface area contributed by atoms with E-state index in [-0.39, 0.29) is 24.8 Å². The number of anilines is 2. The van der Waals surface area contributed by atoms with Crippen molar-refractivity contribution in [1.82, 2.24) is 4.90 Å². The molecule has 40 heavy (non-hydrogen) atoms. The summed E-state index contributed by atoms with van der Waals surface area (Å²) >= 11 is 5.76. The predicted molar refractivity (Wildman–Crippen MR) is 156 cm³/mol. The van der Waals surface area contributed by atoms with Gasteiger partial charge in [0.2, 0.25) is 5.91 Å². The Hall–Kier alpha value is -4.44. The molecular weight excluding hydrogens is 530 g/mol. The predicted octanol–water partition coefficient (Wildman–Crippen LogP) is 4.45. The van der Waals surface area contributed by atoms with E-state index >= 15 is 0 Å². The molecular formula is C30H31N3O6S. The molecule has 208 valence electrons. The molecule has 3 aromatic rings. The first kappa shape index (κ1) is 28.6. The second kappa shape index (κ2) is 13.1. The summed E-state index contributed by atoms with van der Waals surface area (Å²) < 4.78 is 15.7. The van der Waals surface area contributed by atoms with Crippen molar-refractivity contribution >= 4 is 46.5 Å². The van der Waals surface area contributed by atoms with Crippen molar-refractivity contribution in [3.63, 3.8) is 0 Å². The normalized spacial score (nSPS) is 14.7. The van der Waals surface area contributed by atoms with Crippen molar-refractivity contribution in [2.45, 2.75) is 25.8 Å². The molecule has 1 heterocycles. The molecule has 1 fully saturated rings. The molecule has 0 spiro atoms. The molecule has 2 amide bonds. The van der Waals surface area contributed by atoms with Gasteiger partial charge in [-0.2, -0.15) is 0 Å². The van der Waals surface area contributed by atoms with Crippen LogP contribution in [0.3, 0.4) is 0 Å². The number of carbonyl (C=O) groups is 3. The number of nitrogens with one attached hydrogen (secondary N) is 1. The number of rotatable bonds is 11. The van der Waals surface area contributed by atoms with Crippen LogP contribution < -0.4 is 19.7 Å². The first-order valence-corrected chi connectivity index (χ1v) is 13.2. The fraction of sp³-hybridized carbons (Fsp3) is 0.267. The minimum atomic E-state index is -0.786. The van der Waals surface area contributed by atoms with Crippen LogP contribution in [0.4, 0.5) is 11.4 Å². The average Bonchev–Trinajstić information content (AvgIpc) is 3.20. The molecule has 0 aromatic heterocycles. The lowest BCUT2D eigenvalue weighted by atomic mass is 10.1. The Balaban J connectivity index is 1.51. The van der Waals surface area contributed by atoms with E-state index in [1.165, 1.54) is 4.90 Å². The number of esters is 1. The van der Waals surface area contributed by atoms with Gasteiger partial charge in [0, 0.05) is 12.2 Å². The Morgan fingerprint density at radius 2 is 1.65 bits per heavy atom. The number of amides is 2. The third-order valence-corrected chi connectivity index (χ3v) is 6.90. The van der Waals surface area contributed by atoms with E-state index in [9.17, 15) is 14.4 Å². The van der Waals surface area contributed by atoms with Crippen LogP contribution in [0.1, 0.15) is 29.3 Å². The van der Waals surface area contributed by atoms with E-state index in [0.717, 1.165) is 5.56 Å². The van der Waals surface area contributed by atoms with E-state index in [1.807, 2.05) is 48.5 Å².